The molecule has 0 amide bonds. The fourth-order valence-corrected chi connectivity index (χ4v) is 3.53. The summed E-state index contributed by atoms with van der Waals surface area (Å²) in [7, 11) is 0. The maximum absolute atomic E-state index is 12.3. The first kappa shape index (κ1) is 15.9. The van der Waals surface area contributed by atoms with E-state index >= 15 is 0 Å². The molecule has 0 atom stereocenters. The SMILES string of the molecule is Cc1nc(=O)n(-c2c(Br)cccc2Br)c(C)c1CC(=O)O. The Balaban J connectivity index is 2.81. The molecule has 2 aromatic rings. The third-order valence-corrected chi connectivity index (χ3v) is 4.43. The minimum Gasteiger partial charge on any atom is -0.481 e. The Morgan fingerprint density at radius 3 is 2.38 bits per heavy atom. The highest BCUT2D eigenvalue weighted by molar-refractivity contribution is 9.11. The van der Waals surface area contributed by atoms with Gasteiger partial charge in [0.1, 0.15) is 0 Å². The van der Waals surface area contributed by atoms with E-state index in [1.165, 1.54) is 4.57 Å². The number of benzene rings is 1. The van der Waals surface area contributed by atoms with Gasteiger partial charge in [-0.25, -0.2) is 4.79 Å². The molecule has 0 saturated heterocycles. The van der Waals surface area contributed by atoms with E-state index in [1.54, 1.807) is 13.8 Å². The van der Waals surface area contributed by atoms with E-state index in [0.29, 0.717) is 31.6 Å². The number of carbonyl (C=O) groups is 1. The summed E-state index contributed by atoms with van der Waals surface area (Å²) in [5.41, 5.74) is 1.73. The average Bonchev–Trinajstić information content (AvgIpc) is 2.37. The van der Waals surface area contributed by atoms with Crippen LogP contribution in [0.5, 0.6) is 0 Å². The number of aryl methyl sites for hydroxylation is 1. The summed E-state index contributed by atoms with van der Waals surface area (Å²) in [5, 5.41) is 9.02. The van der Waals surface area contributed by atoms with Crippen LogP contribution in [0.15, 0.2) is 31.9 Å². The van der Waals surface area contributed by atoms with Gasteiger partial charge in [-0.05, 0) is 57.8 Å². The predicted octanol–water partition coefficient (Wildman–Crippen LogP) is 3.00. The van der Waals surface area contributed by atoms with Gasteiger partial charge in [0, 0.05) is 25.9 Å². The zero-order valence-electron chi connectivity index (χ0n) is 11.4. The lowest BCUT2D eigenvalue weighted by atomic mass is 10.1. The van der Waals surface area contributed by atoms with Crippen molar-refractivity contribution in [2.24, 2.45) is 0 Å². The Kier molecular flexibility index (Phi) is 4.63. The Morgan fingerprint density at radius 1 is 1.29 bits per heavy atom. The molecule has 1 heterocycles. The number of halogens is 2. The van der Waals surface area contributed by atoms with Crippen molar-refractivity contribution < 1.29 is 9.90 Å². The van der Waals surface area contributed by atoms with Crippen LogP contribution in [0.25, 0.3) is 5.69 Å². The molecule has 0 saturated carbocycles. The van der Waals surface area contributed by atoms with Crippen molar-refractivity contribution in [1.82, 2.24) is 9.55 Å². The summed E-state index contributed by atoms with van der Waals surface area (Å²) >= 11 is 6.82. The van der Waals surface area contributed by atoms with Gasteiger partial charge in [0.15, 0.2) is 0 Å². The van der Waals surface area contributed by atoms with E-state index in [9.17, 15) is 9.59 Å². The Hall–Kier alpha value is -1.47. The number of carboxylic acids is 1. The molecule has 0 spiro atoms. The van der Waals surface area contributed by atoms with Crippen LogP contribution in [0, 0.1) is 13.8 Å². The Labute approximate surface area is 137 Å². The first-order chi connectivity index (χ1) is 9.82. The van der Waals surface area contributed by atoms with Gasteiger partial charge in [0.05, 0.1) is 12.1 Å². The van der Waals surface area contributed by atoms with Crippen molar-refractivity contribution in [2.75, 3.05) is 0 Å². The third-order valence-electron chi connectivity index (χ3n) is 3.15. The molecule has 1 aromatic heterocycles. The monoisotopic (exact) mass is 414 g/mol. The molecule has 0 aliphatic carbocycles. The number of hydrogen-bond acceptors (Lipinski definition) is 3. The molecule has 21 heavy (non-hydrogen) atoms. The first-order valence-electron chi connectivity index (χ1n) is 6.08. The van der Waals surface area contributed by atoms with Gasteiger partial charge in [-0.1, -0.05) is 6.07 Å². The van der Waals surface area contributed by atoms with E-state index < -0.39 is 11.7 Å². The minimum atomic E-state index is -0.959. The van der Waals surface area contributed by atoms with Crippen molar-refractivity contribution in [1.29, 1.82) is 0 Å². The second kappa shape index (κ2) is 6.11. The summed E-state index contributed by atoms with van der Waals surface area (Å²) in [5.74, 6) is -0.959. The van der Waals surface area contributed by atoms with Gasteiger partial charge in [-0.3, -0.25) is 9.36 Å². The number of rotatable bonds is 3. The van der Waals surface area contributed by atoms with Gasteiger partial charge >= 0.3 is 11.7 Å². The fraction of sp³-hybridized carbons (Fsp3) is 0.214. The predicted molar refractivity (Wildman–Crippen MR) is 86.0 cm³/mol. The lowest BCUT2D eigenvalue weighted by Crippen LogP contribution is -2.27. The number of carboxylic acid groups (broad SMARTS) is 1. The zero-order chi connectivity index (χ0) is 15.7. The molecular weight excluding hydrogens is 404 g/mol. The molecular formula is C14H12Br2N2O3. The number of nitrogens with zero attached hydrogens (tertiary/aromatic N) is 2. The molecule has 0 fully saturated rings. The molecule has 1 aromatic carbocycles. The molecule has 0 aliphatic heterocycles. The summed E-state index contributed by atoms with van der Waals surface area (Å²) in [6, 6.07) is 5.45. The van der Waals surface area contributed by atoms with Crippen LogP contribution in [0.4, 0.5) is 0 Å². The highest BCUT2D eigenvalue weighted by Crippen LogP contribution is 2.29. The maximum atomic E-state index is 12.3. The lowest BCUT2D eigenvalue weighted by Gasteiger charge is -2.17. The fourth-order valence-electron chi connectivity index (χ4n) is 2.17. The number of aromatic nitrogens is 2. The second-order valence-electron chi connectivity index (χ2n) is 4.52. The van der Waals surface area contributed by atoms with Crippen LogP contribution in [-0.2, 0) is 11.2 Å². The Bertz CT molecular complexity index is 764. The Morgan fingerprint density at radius 2 is 1.86 bits per heavy atom. The highest BCUT2D eigenvalue weighted by Gasteiger charge is 2.18. The van der Waals surface area contributed by atoms with E-state index in [1.807, 2.05) is 18.2 Å². The maximum Gasteiger partial charge on any atom is 0.352 e. The summed E-state index contributed by atoms with van der Waals surface area (Å²) in [6.45, 7) is 3.37. The topological polar surface area (TPSA) is 72.2 Å². The molecule has 0 unspecified atom stereocenters. The number of aliphatic carboxylic acids is 1. The zero-order valence-corrected chi connectivity index (χ0v) is 14.5. The summed E-state index contributed by atoms with van der Waals surface area (Å²) in [6.07, 6.45) is -0.174. The summed E-state index contributed by atoms with van der Waals surface area (Å²) < 4.78 is 2.85. The van der Waals surface area contributed by atoms with Crippen molar-refractivity contribution in [2.45, 2.75) is 20.3 Å². The molecule has 7 heteroatoms. The van der Waals surface area contributed by atoms with E-state index in [0.717, 1.165) is 0 Å². The van der Waals surface area contributed by atoms with Crippen LogP contribution < -0.4 is 5.69 Å². The first-order valence-corrected chi connectivity index (χ1v) is 7.66. The van der Waals surface area contributed by atoms with Gasteiger partial charge in [-0.2, -0.15) is 4.98 Å². The molecule has 0 radical (unpaired) electrons. The molecule has 2 rings (SSSR count). The van der Waals surface area contributed by atoms with Crippen molar-refractivity contribution in [3.8, 4) is 5.69 Å². The second-order valence-corrected chi connectivity index (χ2v) is 6.23. The molecule has 1 N–H and O–H groups in total. The third kappa shape index (κ3) is 3.08. The van der Waals surface area contributed by atoms with E-state index in [2.05, 4.69) is 36.8 Å². The largest absolute Gasteiger partial charge is 0.481 e. The van der Waals surface area contributed by atoms with Crippen LogP contribution in [-0.4, -0.2) is 20.6 Å². The van der Waals surface area contributed by atoms with Crippen LogP contribution in [0.1, 0.15) is 17.0 Å². The smallest absolute Gasteiger partial charge is 0.352 e. The standard InChI is InChI=1S/C14H12Br2N2O3/c1-7-9(6-12(19)20)8(2)18(14(21)17-7)13-10(15)4-3-5-11(13)16/h3-5H,6H2,1-2H3,(H,19,20). The number of para-hydroxylation sites is 1. The van der Waals surface area contributed by atoms with Gasteiger partial charge in [0.2, 0.25) is 0 Å². The highest BCUT2D eigenvalue weighted by atomic mass is 79.9. The molecule has 5 nitrogen and oxygen atoms in total. The van der Waals surface area contributed by atoms with Gasteiger partial charge in [0.25, 0.3) is 0 Å². The number of hydrogen-bond donors (Lipinski definition) is 1. The van der Waals surface area contributed by atoms with Gasteiger partial charge in [-0.15, -0.1) is 0 Å². The molecule has 110 valence electrons. The minimum absolute atomic E-state index is 0.174. The lowest BCUT2D eigenvalue weighted by molar-refractivity contribution is -0.136. The van der Waals surface area contributed by atoms with E-state index in [-0.39, 0.29) is 6.42 Å². The van der Waals surface area contributed by atoms with Crippen LogP contribution in [0.3, 0.4) is 0 Å². The van der Waals surface area contributed by atoms with Crippen molar-refractivity contribution in [3.63, 3.8) is 0 Å². The molecule has 0 aliphatic rings. The van der Waals surface area contributed by atoms with Crippen molar-refractivity contribution in [3.05, 3.63) is 54.6 Å². The van der Waals surface area contributed by atoms with Crippen LogP contribution >= 0.6 is 31.9 Å². The summed E-state index contributed by atoms with van der Waals surface area (Å²) in [4.78, 5) is 27.2. The van der Waals surface area contributed by atoms with Crippen LogP contribution in [0.2, 0.25) is 0 Å². The quantitative estimate of drug-likeness (QED) is 0.836. The normalized spacial score (nSPS) is 10.7. The molecule has 0 bridgehead atoms. The average molecular weight is 416 g/mol. The van der Waals surface area contributed by atoms with Gasteiger partial charge < -0.3 is 5.11 Å². The van der Waals surface area contributed by atoms with Crippen molar-refractivity contribution >= 4 is 37.8 Å². The van der Waals surface area contributed by atoms with E-state index in [4.69, 9.17) is 5.11 Å².